The highest BCUT2D eigenvalue weighted by Crippen LogP contribution is 2.34. The molecule has 3 unspecified atom stereocenters. The maximum Gasteiger partial charge on any atom is 0.162 e. The Hall–Kier alpha value is -0.960. The van der Waals surface area contributed by atoms with Gasteiger partial charge in [-0.1, -0.05) is 44.7 Å². The second kappa shape index (κ2) is 6.47. The first-order valence-corrected chi connectivity index (χ1v) is 7.32. The van der Waals surface area contributed by atoms with Crippen LogP contribution in [0.2, 0.25) is 0 Å². The normalized spacial score (nSPS) is 25.3. The van der Waals surface area contributed by atoms with Gasteiger partial charge in [-0.3, -0.25) is 0 Å². The van der Waals surface area contributed by atoms with E-state index in [2.05, 4.69) is 6.92 Å². The maximum atomic E-state index is 13.7. The number of hydrogen-bond donors (Lipinski definition) is 1. The SMILES string of the molecule is CCC1CCCCC1C(N)Cc1cccc(F)c1F. The van der Waals surface area contributed by atoms with Gasteiger partial charge in [0, 0.05) is 6.04 Å². The standard InChI is InChI=1S/C16H23F2N/c1-2-11-6-3-4-8-13(11)15(19)10-12-7-5-9-14(17)16(12)18/h5,7,9,11,13,15H,2-4,6,8,10,19H2,1H3. The summed E-state index contributed by atoms with van der Waals surface area (Å²) < 4.78 is 26.9. The summed E-state index contributed by atoms with van der Waals surface area (Å²) in [6.45, 7) is 2.19. The number of hydrogen-bond acceptors (Lipinski definition) is 1. The third-order valence-electron chi connectivity index (χ3n) is 4.53. The van der Waals surface area contributed by atoms with Crippen LogP contribution < -0.4 is 5.73 Å². The highest BCUT2D eigenvalue weighted by Gasteiger charge is 2.29. The van der Waals surface area contributed by atoms with E-state index in [-0.39, 0.29) is 6.04 Å². The highest BCUT2D eigenvalue weighted by atomic mass is 19.2. The smallest absolute Gasteiger partial charge is 0.162 e. The Labute approximate surface area is 114 Å². The molecule has 0 aliphatic heterocycles. The number of rotatable bonds is 4. The molecule has 0 saturated heterocycles. The summed E-state index contributed by atoms with van der Waals surface area (Å²) >= 11 is 0. The van der Waals surface area contributed by atoms with Crippen molar-refractivity contribution >= 4 is 0 Å². The molecule has 106 valence electrons. The van der Waals surface area contributed by atoms with Crippen molar-refractivity contribution in [2.75, 3.05) is 0 Å². The maximum absolute atomic E-state index is 13.7. The summed E-state index contributed by atoms with van der Waals surface area (Å²) in [7, 11) is 0. The van der Waals surface area contributed by atoms with Gasteiger partial charge in [0.1, 0.15) is 0 Å². The number of benzene rings is 1. The number of halogens is 2. The van der Waals surface area contributed by atoms with Crippen LogP contribution in [0.15, 0.2) is 18.2 Å². The minimum atomic E-state index is -0.777. The van der Waals surface area contributed by atoms with E-state index in [9.17, 15) is 8.78 Å². The molecule has 1 aliphatic carbocycles. The molecule has 0 amide bonds. The fourth-order valence-corrected chi connectivity index (χ4v) is 3.42. The van der Waals surface area contributed by atoms with Crippen molar-refractivity contribution in [3.63, 3.8) is 0 Å². The third-order valence-corrected chi connectivity index (χ3v) is 4.53. The lowest BCUT2D eigenvalue weighted by Crippen LogP contribution is -2.38. The van der Waals surface area contributed by atoms with Gasteiger partial charge in [-0.15, -0.1) is 0 Å². The molecule has 2 rings (SSSR count). The lowest BCUT2D eigenvalue weighted by Gasteiger charge is -2.35. The Bertz CT molecular complexity index is 419. The van der Waals surface area contributed by atoms with Gasteiger partial charge in [0.15, 0.2) is 11.6 Å². The average Bonchev–Trinajstić information content (AvgIpc) is 2.43. The first-order valence-electron chi connectivity index (χ1n) is 7.32. The second-order valence-electron chi connectivity index (χ2n) is 5.70. The molecule has 1 aromatic carbocycles. The van der Waals surface area contributed by atoms with Crippen LogP contribution in [0.5, 0.6) is 0 Å². The lowest BCUT2D eigenvalue weighted by atomic mass is 9.73. The van der Waals surface area contributed by atoms with E-state index in [1.165, 1.54) is 19.3 Å². The van der Waals surface area contributed by atoms with Crippen LogP contribution >= 0.6 is 0 Å². The van der Waals surface area contributed by atoms with Gasteiger partial charge in [0.25, 0.3) is 0 Å². The molecule has 2 N–H and O–H groups in total. The van der Waals surface area contributed by atoms with Crippen LogP contribution in [0.3, 0.4) is 0 Å². The van der Waals surface area contributed by atoms with E-state index in [1.54, 1.807) is 12.1 Å². The van der Waals surface area contributed by atoms with Crippen molar-refractivity contribution in [1.29, 1.82) is 0 Å². The van der Waals surface area contributed by atoms with Crippen LogP contribution in [-0.2, 0) is 6.42 Å². The minimum Gasteiger partial charge on any atom is -0.327 e. The van der Waals surface area contributed by atoms with Crippen molar-refractivity contribution in [1.82, 2.24) is 0 Å². The molecule has 1 saturated carbocycles. The highest BCUT2D eigenvalue weighted by molar-refractivity contribution is 5.20. The molecule has 1 fully saturated rings. The first-order chi connectivity index (χ1) is 9.13. The van der Waals surface area contributed by atoms with E-state index in [0.717, 1.165) is 18.9 Å². The van der Waals surface area contributed by atoms with E-state index >= 15 is 0 Å². The van der Waals surface area contributed by atoms with Crippen LogP contribution in [-0.4, -0.2) is 6.04 Å². The first kappa shape index (κ1) is 14.4. The van der Waals surface area contributed by atoms with Gasteiger partial charge < -0.3 is 5.73 Å². The zero-order chi connectivity index (χ0) is 13.8. The topological polar surface area (TPSA) is 26.0 Å². The fourth-order valence-electron chi connectivity index (χ4n) is 3.42. The van der Waals surface area contributed by atoms with E-state index in [4.69, 9.17) is 5.73 Å². The molecule has 0 aromatic heterocycles. The van der Waals surface area contributed by atoms with E-state index < -0.39 is 11.6 Å². The summed E-state index contributed by atoms with van der Waals surface area (Å²) in [4.78, 5) is 0. The third kappa shape index (κ3) is 3.33. The minimum absolute atomic E-state index is 0.0680. The Morgan fingerprint density at radius 1 is 1.26 bits per heavy atom. The molecule has 1 aromatic rings. The van der Waals surface area contributed by atoms with Gasteiger partial charge in [-0.2, -0.15) is 0 Å². The molecule has 19 heavy (non-hydrogen) atoms. The van der Waals surface area contributed by atoms with E-state index in [0.29, 0.717) is 23.8 Å². The Balaban J connectivity index is 2.07. The lowest BCUT2D eigenvalue weighted by molar-refractivity contribution is 0.194. The molecule has 3 heteroatoms. The molecule has 1 nitrogen and oxygen atoms in total. The summed E-state index contributed by atoms with van der Waals surface area (Å²) in [5.74, 6) is -0.427. The van der Waals surface area contributed by atoms with Gasteiger partial charge in [-0.05, 0) is 36.3 Å². The van der Waals surface area contributed by atoms with Crippen LogP contribution in [0.1, 0.15) is 44.6 Å². The number of nitrogens with two attached hydrogens (primary N) is 1. The van der Waals surface area contributed by atoms with Gasteiger partial charge in [-0.25, -0.2) is 8.78 Å². The van der Waals surface area contributed by atoms with E-state index in [1.807, 2.05) is 0 Å². The summed E-state index contributed by atoms with van der Waals surface area (Å²) in [5, 5.41) is 0. The predicted octanol–water partition coefficient (Wildman–Crippen LogP) is 4.05. The zero-order valence-electron chi connectivity index (χ0n) is 11.5. The van der Waals surface area contributed by atoms with Crippen molar-refractivity contribution < 1.29 is 8.78 Å². The van der Waals surface area contributed by atoms with Crippen molar-refractivity contribution in [3.05, 3.63) is 35.4 Å². The molecular formula is C16H23F2N. The molecule has 0 spiro atoms. The fraction of sp³-hybridized carbons (Fsp3) is 0.625. The van der Waals surface area contributed by atoms with Gasteiger partial charge in [0.05, 0.1) is 0 Å². The predicted molar refractivity (Wildman–Crippen MR) is 73.8 cm³/mol. The van der Waals surface area contributed by atoms with Gasteiger partial charge >= 0.3 is 0 Å². The summed E-state index contributed by atoms with van der Waals surface area (Å²) in [6.07, 6.45) is 6.39. The molecule has 0 bridgehead atoms. The Morgan fingerprint density at radius 2 is 2.00 bits per heavy atom. The van der Waals surface area contributed by atoms with Crippen LogP contribution in [0.25, 0.3) is 0 Å². The summed E-state index contributed by atoms with van der Waals surface area (Å²) in [6, 6.07) is 4.28. The second-order valence-corrected chi connectivity index (χ2v) is 5.70. The summed E-state index contributed by atoms with van der Waals surface area (Å²) in [5.41, 5.74) is 6.69. The van der Waals surface area contributed by atoms with Crippen LogP contribution in [0.4, 0.5) is 8.78 Å². The van der Waals surface area contributed by atoms with Crippen molar-refractivity contribution in [2.45, 2.75) is 51.5 Å². The monoisotopic (exact) mass is 267 g/mol. The molecule has 0 radical (unpaired) electrons. The molecule has 3 atom stereocenters. The van der Waals surface area contributed by atoms with Gasteiger partial charge in [0.2, 0.25) is 0 Å². The molecular weight excluding hydrogens is 244 g/mol. The molecule has 1 aliphatic rings. The largest absolute Gasteiger partial charge is 0.327 e. The van der Waals surface area contributed by atoms with Crippen molar-refractivity contribution in [3.8, 4) is 0 Å². The Morgan fingerprint density at radius 3 is 2.74 bits per heavy atom. The average molecular weight is 267 g/mol. The van der Waals surface area contributed by atoms with Crippen molar-refractivity contribution in [2.24, 2.45) is 17.6 Å². The Kier molecular flexibility index (Phi) is 4.92. The molecule has 0 heterocycles. The van der Waals surface area contributed by atoms with Crippen LogP contribution in [0, 0.1) is 23.5 Å². The quantitative estimate of drug-likeness (QED) is 0.875. The zero-order valence-corrected chi connectivity index (χ0v) is 11.5.